The van der Waals surface area contributed by atoms with Crippen LogP contribution in [0.1, 0.15) is 11.4 Å². The van der Waals surface area contributed by atoms with E-state index in [9.17, 15) is 4.79 Å². The number of hydrogen-bond donors (Lipinski definition) is 2. The number of aromatic nitrogens is 2. The number of nitrogens with zero attached hydrogens (tertiary/aromatic N) is 3. The average Bonchev–Trinajstić information content (AvgIpc) is 2.77. The fourth-order valence-electron chi connectivity index (χ4n) is 3.11. The monoisotopic (exact) mass is 417 g/mol. The zero-order valence-corrected chi connectivity index (χ0v) is 17.7. The molecular formula is C20H27N5O5. The molecular weight excluding hydrogens is 390 g/mol. The zero-order chi connectivity index (χ0) is 21.5. The molecule has 1 aromatic heterocycles. The van der Waals surface area contributed by atoms with Gasteiger partial charge in [-0.3, -0.25) is 0 Å². The van der Waals surface area contributed by atoms with Crippen LogP contribution in [0.25, 0.3) is 0 Å². The van der Waals surface area contributed by atoms with Gasteiger partial charge in [-0.2, -0.15) is 0 Å². The molecule has 0 unspecified atom stereocenters. The Labute approximate surface area is 175 Å². The lowest BCUT2D eigenvalue weighted by atomic mass is 10.2. The van der Waals surface area contributed by atoms with Gasteiger partial charge in [-0.1, -0.05) is 0 Å². The lowest BCUT2D eigenvalue weighted by Crippen LogP contribution is -2.37. The molecule has 0 aliphatic carbocycles. The summed E-state index contributed by atoms with van der Waals surface area (Å²) in [5.74, 6) is 2.01. The summed E-state index contributed by atoms with van der Waals surface area (Å²) in [7, 11) is 4.56. The second-order valence-corrected chi connectivity index (χ2v) is 6.62. The number of rotatable bonds is 7. The first-order valence-electron chi connectivity index (χ1n) is 9.56. The van der Waals surface area contributed by atoms with Crippen molar-refractivity contribution in [2.45, 2.75) is 13.5 Å². The summed E-state index contributed by atoms with van der Waals surface area (Å²) in [5, 5.41) is 5.58. The highest BCUT2D eigenvalue weighted by molar-refractivity contribution is 5.90. The van der Waals surface area contributed by atoms with Gasteiger partial charge in [0.2, 0.25) is 11.7 Å². The van der Waals surface area contributed by atoms with E-state index in [-0.39, 0.29) is 12.6 Å². The van der Waals surface area contributed by atoms with Gasteiger partial charge in [-0.25, -0.2) is 14.8 Å². The summed E-state index contributed by atoms with van der Waals surface area (Å²) in [6.45, 7) is 4.97. The van der Waals surface area contributed by atoms with Gasteiger partial charge < -0.3 is 34.5 Å². The first-order chi connectivity index (χ1) is 14.5. The molecule has 10 nitrogen and oxygen atoms in total. The highest BCUT2D eigenvalue weighted by atomic mass is 16.5. The molecule has 1 fully saturated rings. The molecule has 1 aliphatic rings. The highest BCUT2D eigenvalue weighted by Crippen LogP contribution is 2.39. The molecule has 10 heteroatoms. The Balaban J connectivity index is 1.65. The van der Waals surface area contributed by atoms with Gasteiger partial charge in [-0.05, 0) is 13.0 Å². The van der Waals surface area contributed by atoms with Crippen molar-refractivity contribution >= 4 is 17.7 Å². The SMILES string of the molecule is COc1cc(NC(=O)NCc2cc(C)nc(N3CCOCC3)n2)cc(OC)c1OC. The van der Waals surface area contributed by atoms with E-state index in [4.69, 9.17) is 18.9 Å². The minimum atomic E-state index is -0.381. The Morgan fingerprint density at radius 1 is 1.07 bits per heavy atom. The maximum absolute atomic E-state index is 12.4. The number of nitrogens with one attached hydrogen (secondary N) is 2. The Bertz CT molecular complexity index is 861. The number of ether oxygens (including phenoxy) is 4. The van der Waals surface area contributed by atoms with Gasteiger partial charge in [0.25, 0.3) is 0 Å². The van der Waals surface area contributed by atoms with Gasteiger partial charge >= 0.3 is 6.03 Å². The molecule has 1 aliphatic heterocycles. The van der Waals surface area contributed by atoms with Crippen LogP contribution in [0.3, 0.4) is 0 Å². The first kappa shape index (κ1) is 21.4. The molecule has 162 valence electrons. The number of hydrogen-bond acceptors (Lipinski definition) is 8. The molecule has 30 heavy (non-hydrogen) atoms. The van der Waals surface area contributed by atoms with Gasteiger partial charge in [0.1, 0.15) is 0 Å². The van der Waals surface area contributed by atoms with Crippen molar-refractivity contribution in [2.75, 3.05) is 57.8 Å². The van der Waals surface area contributed by atoms with E-state index in [1.165, 1.54) is 21.3 Å². The van der Waals surface area contributed by atoms with Crippen molar-refractivity contribution in [1.29, 1.82) is 0 Å². The van der Waals surface area contributed by atoms with Crippen LogP contribution in [0.5, 0.6) is 17.2 Å². The highest BCUT2D eigenvalue weighted by Gasteiger charge is 2.16. The molecule has 0 saturated carbocycles. The van der Waals surface area contributed by atoms with Gasteiger partial charge in [0.15, 0.2) is 11.5 Å². The van der Waals surface area contributed by atoms with Crippen molar-refractivity contribution < 1.29 is 23.7 Å². The molecule has 1 saturated heterocycles. The van der Waals surface area contributed by atoms with Crippen LogP contribution in [0.4, 0.5) is 16.4 Å². The molecule has 2 amide bonds. The predicted molar refractivity (Wildman–Crippen MR) is 112 cm³/mol. The van der Waals surface area contributed by atoms with E-state index in [1.807, 2.05) is 13.0 Å². The van der Waals surface area contributed by atoms with Crippen LogP contribution in [-0.4, -0.2) is 63.6 Å². The molecule has 0 radical (unpaired) electrons. The van der Waals surface area contributed by atoms with E-state index in [0.717, 1.165) is 24.5 Å². The number of aryl methyl sites for hydroxylation is 1. The predicted octanol–water partition coefficient (Wildman–Crippen LogP) is 1.97. The molecule has 2 heterocycles. The molecule has 2 aromatic rings. The summed E-state index contributed by atoms with van der Waals surface area (Å²) in [5.41, 5.74) is 2.08. The molecule has 0 spiro atoms. The number of methoxy groups -OCH3 is 3. The molecule has 0 atom stereocenters. The molecule has 3 rings (SSSR count). The van der Waals surface area contributed by atoms with E-state index in [0.29, 0.717) is 42.1 Å². The van der Waals surface area contributed by atoms with Crippen molar-refractivity contribution in [3.05, 3.63) is 29.6 Å². The zero-order valence-electron chi connectivity index (χ0n) is 17.7. The fraction of sp³-hybridized carbons (Fsp3) is 0.450. The third-order valence-electron chi connectivity index (χ3n) is 4.54. The lowest BCUT2D eigenvalue weighted by Gasteiger charge is -2.27. The van der Waals surface area contributed by atoms with E-state index >= 15 is 0 Å². The number of anilines is 2. The van der Waals surface area contributed by atoms with Crippen molar-refractivity contribution in [1.82, 2.24) is 15.3 Å². The smallest absolute Gasteiger partial charge is 0.319 e. The number of urea groups is 1. The maximum atomic E-state index is 12.4. The summed E-state index contributed by atoms with van der Waals surface area (Å²) in [6.07, 6.45) is 0. The van der Waals surface area contributed by atoms with Crippen LogP contribution < -0.4 is 29.7 Å². The second kappa shape index (κ2) is 9.97. The lowest BCUT2D eigenvalue weighted by molar-refractivity contribution is 0.122. The fourth-order valence-corrected chi connectivity index (χ4v) is 3.11. The standard InChI is InChI=1S/C20H27N5O5/c1-13-9-15(23-19(22-13)25-5-7-30-8-6-25)12-21-20(26)24-14-10-16(27-2)18(29-4)17(11-14)28-3/h9-11H,5-8,12H2,1-4H3,(H2,21,24,26). The first-order valence-corrected chi connectivity index (χ1v) is 9.56. The number of morpholine rings is 1. The number of amides is 2. The van der Waals surface area contributed by atoms with Gasteiger partial charge in [0.05, 0.1) is 52.5 Å². The third-order valence-corrected chi connectivity index (χ3v) is 4.54. The van der Waals surface area contributed by atoms with Crippen molar-refractivity contribution in [3.8, 4) is 17.2 Å². The minimum absolute atomic E-state index is 0.261. The second-order valence-electron chi connectivity index (χ2n) is 6.62. The van der Waals surface area contributed by atoms with E-state index in [1.54, 1.807) is 12.1 Å². The Morgan fingerprint density at radius 3 is 2.33 bits per heavy atom. The van der Waals surface area contributed by atoms with Gasteiger partial charge in [0, 0.05) is 30.9 Å². The van der Waals surface area contributed by atoms with Crippen LogP contribution >= 0.6 is 0 Å². The maximum Gasteiger partial charge on any atom is 0.319 e. The van der Waals surface area contributed by atoms with Crippen LogP contribution in [0, 0.1) is 6.92 Å². The van der Waals surface area contributed by atoms with Crippen molar-refractivity contribution in [3.63, 3.8) is 0 Å². The van der Waals surface area contributed by atoms with E-state index in [2.05, 4.69) is 25.5 Å². The summed E-state index contributed by atoms with van der Waals surface area (Å²) in [4.78, 5) is 23.6. The summed E-state index contributed by atoms with van der Waals surface area (Å²) < 4.78 is 21.3. The molecule has 1 aromatic carbocycles. The molecule has 0 bridgehead atoms. The Kier molecular flexibility index (Phi) is 7.12. The van der Waals surface area contributed by atoms with Crippen LogP contribution in [-0.2, 0) is 11.3 Å². The normalized spacial score (nSPS) is 13.5. The third kappa shape index (κ3) is 5.20. The van der Waals surface area contributed by atoms with Crippen molar-refractivity contribution in [2.24, 2.45) is 0 Å². The number of carbonyl (C=O) groups is 1. The average molecular weight is 417 g/mol. The summed E-state index contributed by atoms with van der Waals surface area (Å²) >= 11 is 0. The minimum Gasteiger partial charge on any atom is -0.493 e. The van der Waals surface area contributed by atoms with Crippen LogP contribution in [0.15, 0.2) is 18.2 Å². The number of carbonyl (C=O) groups excluding carboxylic acids is 1. The van der Waals surface area contributed by atoms with Crippen LogP contribution in [0.2, 0.25) is 0 Å². The number of benzene rings is 1. The topological polar surface area (TPSA) is 107 Å². The molecule has 2 N–H and O–H groups in total. The van der Waals surface area contributed by atoms with E-state index < -0.39 is 0 Å². The Hall–Kier alpha value is -3.27. The quantitative estimate of drug-likeness (QED) is 0.704. The largest absolute Gasteiger partial charge is 0.493 e. The Morgan fingerprint density at radius 2 is 1.73 bits per heavy atom. The van der Waals surface area contributed by atoms with Gasteiger partial charge in [-0.15, -0.1) is 0 Å². The summed E-state index contributed by atoms with van der Waals surface area (Å²) in [6, 6.07) is 4.79.